The number of unbranched alkanes of at least 4 members (excludes halogenated alkanes) is 11. The Kier molecular flexibility index (Phi) is 21.0. The van der Waals surface area contributed by atoms with Gasteiger partial charge in [-0.05, 0) is 66.8 Å². The summed E-state index contributed by atoms with van der Waals surface area (Å²) < 4.78 is 31.1. The molecule has 0 saturated carbocycles. The number of nitrogens with zero attached hydrogens (tertiary/aromatic N) is 3. The van der Waals surface area contributed by atoms with Crippen molar-refractivity contribution in [3.63, 3.8) is 0 Å². The van der Waals surface area contributed by atoms with Gasteiger partial charge in [0.25, 0.3) is 0 Å². The SMILES string of the molecule is CCCCCCCCCCCCCC=C[C@@H](OC(=O)c1ccccc1)[C@H](CO[C@H]1O[C@H](CO)[C@@H](O)[C@H](OC(=O)c2ccccc2)[C@@H]1O[Si](C)(C)C(C)(C)C)N=[N+]=[N-]. The van der Waals surface area contributed by atoms with Crippen LogP contribution in [-0.2, 0) is 23.4 Å². The molecule has 0 aromatic heterocycles. The number of esters is 2. The summed E-state index contributed by atoms with van der Waals surface area (Å²) >= 11 is 0. The van der Waals surface area contributed by atoms with Gasteiger partial charge in [-0.15, -0.1) is 0 Å². The number of azide groups is 1. The molecule has 2 aromatic carbocycles. The molecule has 1 aliphatic rings. The van der Waals surface area contributed by atoms with Gasteiger partial charge < -0.3 is 33.6 Å². The first-order valence-corrected chi connectivity index (χ1v) is 23.7. The number of rotatable bonds is 25. The summed E-state index contributed by atoms with van der Waals surface area (Å²) in [6.45, 7) is 11.5. The quantitative estimate of drug-likeness (QED) is 0.0189. The van der Waals surface area contributed by atoms with Crippen LogP contribution in [0, 0.1) is 0 Å². The number of aliphatic hydroxyl groups is 2. The van der Waals surface area contributed by atoms with Crippen molar-refractivity contribution in [1.29, 1.82) is 0 Å². The van der Waals surface area contributed by atoms with Crippen LogP contribution in [-0.4, -0.2) is 86.5 Å². The second-order valence-corrected chi connectivity index (χ2v) is 21.1. The number of hydrogen-bond donors (Lipinski definition) is 2. The molecule has 2 N–H and O–H groups in total. The Labute approximate surface area is 341 Å². The van der Waals surface area contributed by atoms with Crippen molar-refractivity contribution in [2.75, 3.05) is 13.2 Å². The Bertz CT molecular complexity index is 1530. The molecule has 1 aliphatic heterocycles. The second-order valence-electron chi connectivity index (χ2n) is 16.4. The number of carbonyl (C=O) groups is 2. The molecule has 0 bridgehead atoms. The molecular formula is C44H67N3O9Si. The molecule has 1 fully saturated rings. The normalized spacial score (nSPS) is 21.1. The van der Waals surface area contributed by atoms with Crippen molar-refractivity contribution in [3.05, 3.63) is 94.4 Å². The highest BCUT2D eigenvalue weighted by Crippen LogP contribution is 2.40. The number of ether oxygens (including phenoxy) is 4. The summed E-state index contributed by atoms with van der Waals surface area (Å²) in [5.41, 5.74) is 10.3. The number of hydrogen-bond acceptors (Lipinski definition) is 10. The van der Waals surface area contributed by atoms with Crippen LogP contribution in [0.4, 0.5) is 0 Å². The maximum Gasteiger partial charge on any atom is 0.338 e. The fourth-order valence-electron chi connectivity index (χ4n) is 6.34. The lowest BCUT2D eigenvalue weighted by Crippen LogP contribution is -2.64. The monoisotopic (exact) mass is 809 g/mol. The summed E-state index contributed by atoms with van der Waals surface area (Å²) in [6.07, 6.45) is 10.6. The first-order chi connectivity index (χ1) is 27.3. The highest BCUT2D eigenvalue weighted by molar-refractivity contribution is 6.74. The first kappa shape index (κ1) is 47.8. The third-order valence-electron chi connectivity index (χ3n) is 10.9. The number of aliphatic hydroxyl groups excluding tert-OH is 2. The number of benzene rings is 2. The zero-order valence-corrected chi connectivity index (χ0v) is 36.0. The predicted molar refractivity (Wildman–Crippen MR) is 224 cm³/mol. The molecule has 13 heteroatoms. The zero-order chi connectivity index (χ0) is 41.7. The number of carbonyl (C=O) groups excluding carboxylic acids is 2. The van der Waals surface area contributed by atoms with Gasteiger partial charge >= 0.3 is 11.9 Å². The van der Waals surface area contributed by atoms with E-state index in [1.807, 2.05) is 39.9 Å². The minimum atomic E-state index is -2.65. The van der Waals surface area contributed by atoms with Crippen LogP contribution < -0.4 is 0 Å². The number of allylic oxidation sites excluding steroid dienone is 1. The molecule has 0 unspecified atom stereocenters. The Morgan fingerprint density at radius 2 is 1.42 bits per heavy atom. The van der Waals surface area contributed by atoms with Crippen LogP contribution >= 0.6 is 0 Å². The summed E-state index contributed by atoms with van der Waals surface area (Å²) in [5.74, 6) is -1.29. The fourth-order valence-corrected chi connectivity index (χ4v) is 7.62. The molecular weight excluding hydrogens is 743 g/mol. The van der Waals surface area contributed by atoms with Crippen LogP contribution in [0.25, 0.3) is 10.4 Å². The molecule has 0 spiro atoms. The zero-order valence-electron chi connectivity index (χ0n) is 35.0. The molecule has 1 heterocycles. The molecule has 3 rings (SSSR count). The van der Waals surface area contributed by atoms with Crippen molar-refractivity contribution >= 4 is 20.3 Å². The smallest absolute Gasteiger partial charge is 0.338 e. The molecule has 2 aromatic rings. The van der Waals surface area contributed by atoms with Crippen LogP contribution in [0.1, 0.15) is 125 Å². The van der Waals surface area contributed by atoms with Gasteiger partial charge in [-0.25, -0.2) is 9.59 Å². The van der Waals surface area contributed by atoms with Crippen LogP contribution in [0.15, 0.2) is 77.9 Å². The fraction of sp³-hybridized carbons (Fsp3) is 0.636. The van der Waals surface area contributed by atoms with E-state index in [4.69, 9.17) is 23.4 Å². The van der Waals surface area contributed by atoms with Crippen LogP contribution in [0.3, 0.4) is 0 Å². The lowest BCUT2D eigenvalue weighted by atomic mass is 9.98. The minimum absolute atomic E-state index is 0.270. The Morgan fingerprint density at radius 1 is 0.877 bits per heavy atom. The Morgan fingerprint density at radius 3 is 1.95 bits per heavy atom. The van der Waals surface area contributed by atoms with Crippen LogP contribution in [0.2, 0.25) is 18.1 Å². The van der Waals surface area contributed by atoms with E-state index in [1.165, 1.54) is 51.4 Å². The Hall–Kier alpha value is -3.55. The highest BCUT2D eigenvalue weighted by atomic mass is 28.4. The van der Waals surface area contributed by atoms with E-state index in [2.05, 4.69) is 16.9 Å². The minimum Gasteiger partial charge on any atom is -0.454 e. The maximum atomic E-state index is 13.4. The standard InChI is InChI=1S/C44H67N3O9Si/c1-7-8-9-10-11-12-13-14-15-16-17-18-25-30-36(53-41(50)33-26-21-19-22-27-33)35(46-47-45)32-52-43-40(56-57(5,6)44(2,3)4)39(38(49)37(31-48)54-43)55-42(51)34-28-23-20-24-29-34/h19-30,35-40,43,48-49H,7-18,31-32H2,1-6H3/t35-,36+,37+,38+,39-,40-,43-/m0/s1. The molecule has 12 nitrogen and oxygen atoms in total. The summed E-state index contributed by atoms with van der Waals surface area (Å²) in [5, 5.41) is 25.4. The first-order valence-electron chi connectivity index (χ1n) is 20.8. The molecule has 316 valence electrons. The molecule has 57 heavy (non-hydrogen) atoms. The molecule has 0 radical (unpaired) electrons. The van der Waals surface area contributed by atoms with Gasteiger partial charge in [-0.1, -0.05) is 139 Å². The summed E-state index contributed by atoms with van der Waals surface area (Å²) in [4.78, 5) is 29.7. The van der Waals surface area contributed by atoms with Crippen molar-refractivity contribution in [2.45, 2.75) is 166 Å². The average molecular weight is 810 g/mol. The van der Waals surface area contributed by atoms with Crippen molar-refractivity contribution in [1.82, 2.24) is 0 Å². The van der Waals surface area contributed by atoms with Crippen LogP contribution in [0.5, 0.6) is 0 Å². The second kappa shape index (κ2) is 25.0. The lowest BCUT2D eigenvalue weighted by Gasteiger charge is -2.48. The van der Waals surface area contributed by atoms with E-state index in [1.54, 1.807) is 66.7 Å². The predicted octanol–water partition coefficient (Wildman–Crippen LogP) is 9.86. The van der Waals surface area contributed by atoms with Gasteiger partial charge in [0, 0.05) is 4.91 Å². The van der Waals surface area contributed by atoms with E-state index in [9.17, 15) is 25.3 Å². The van der Waals surface area contributed by atoms with Gasteiger partial charge in [0.15, 0.2) is 20.7 Å². The topological polar surface area (TPSA) is 170 Å². The third kappa shape index (κ3) is 16.0. The molecule has 1 saturated heterocycles. The van der Waals surface area contributed by atoms with Crippen molar-refractivity contribution in [3.8, 4) is 0 Å². The van der Waals surface area contributed by atoms with Gasteiger partial charge in [-0.2, -0.15) is 0 Å². The Balaban J connectivity index is 1.80. The van der Waals surface area contributed by atoms with Gasteiger partial charge in [0.2, 0.25) is 0 Å². The van der Waals surface area contributed by atoms with E-state index >= 15 is 0 Å². The van der Waals surface area contributed by atoms with Gasteiger partial charge in [0.05, 0.1) is 24.3 Å². The summed E-state index contributed by atoms with van der Waals surface area (Å²) in [6, 6.07) is 15.9. The molecule has 0 aliphatic carbocycles. The highest BCUT2D eigenvalue weighted by Gasteiger charge is 2.52. The lowest BCUT2D eigenvalue weighted by molar-refractivity contribution is -0.298. The van der Waals surface area contributed by atoms with Gasteiger partial charge in [0.1, 0.15) is 30.5 Å². The van der Waals surface area contributed by atoms with E-state index in [-0.39, 0.29) is 17.2 Å². The third-order valence-corrected chi connectivity index (χ3v) is 15.3. The van der Waals surface area contributed by atoms with E-state index in [0.29, 0.717) is 5.56 Å². The largest absolute Gasteiger partial charge is 0.454 e. The van der Waals surface area contributed by atoms with E-state index in [0.717, 1.165) is 25.7 Å². The van der Waals surface area contributed by atoms with E-state index < -0.39 is 69.7 Å². The maximum absolute atomic E-state index is 13.4. The molecule has 0 amide bonds. The molecule has 7 atom stereocenters. The van der Waals surface area contributed by atoms with Crippen molar-refractivity contribution in [2.24, 2.45) is 5.11 Å². The van der Waals surface area contributed by atoms with Crippen molar-refractivity contribution < 1.29 is 43.2 Å². The summed E-state index contributed by atoms with van der Waals surface area (Å²) in [7, 11) is -2.65. The van der Waals surface area contributed by atoms with Gasteiger partial charge in [-0.3, -0.25) is 0 Å². The average Bonchev–Trinajstić information content (AvgIpc) is 3.19.